The maximum absolute atomic E-state index is 10.9. The first-order valence-electron chi connectivity index (χ1n) is 6.28. The van der Waals surface area contributed by atoms with E-state index < -0.39 is 23.8 Å². The Morgan fingerprint density at radius 3 is 2.26 bits per heavy atom. The molecule has 0 aromatic heterocycles. The number of amides is 1. The van der Waals surface area contributed by atoms with E-state index in [0.717, 1.165) is 6.42 Å². The molecule has 0 aliphatic heterocycles. The zero-order chi connectivity index (χ0) is 14.8. The number of nitrogens with zero attached hydrogens (tertiary/aromatic N) is 1. The van der Waals surface area contributed by atoms with Gasteiger partial charge in [0.05, 0.1) is 12.5 Å². The van der Waals surface area contributed by atoms with Crippen LogP contribution in [0.1, 0.15) is 32.6 Å². The van der Waals surface area contributed by atoms with Crippen LogP contribution in [0.5, 0.6) is 0 Å². The van der Waals surface area contributed by atoms with Gasteiger partial charge in [-0.2, -0.15) is 0 Å². The first kappa shape index (κ1) is 17.4. The Labute approximate surface area is 112 Å². The maximum Gasteiger partial charge on any atom is 0.307 e. The summed E-state index contributed by atoms with van der Waals surface area (Å²) >= 11 is 0. The van der Waals surface area contributed by atoms with Gasteiger partial charge in [0.2, 0.25) is 5.91 Å². The van der Waals surface area contributed by atoms with Crippen LogP contribution in [-0.4, -0.2) is 52.6 Å². The van der Waals surface area contributed by atoms with Crippen LogP contribution in [0, 0.1) is 5.92 Å². The number of rotatable bonds is 11. The summed E-state index contributed by atoms with van der Waals surface area (Å²) in [7, 11) is 0. The molecule has 19 heavy (non-hydrogen) atoms. The molecule has 0 heterocycles. The molecule has 7 nitrogen and oxygen atoms in total. The molecular formula is C12H22N2O5. The molecule has 0 aliphatic carbocycles. The molecule has 1 unspecified atom stereocenters. The molecular weight excluding hydrogens is 252 g/mol. The van der Waals surface area contributed by atoms with E-state index in [0.29, 0.717) is 19.4 Å². The maximum atomic E-state index is 10.9. The minimum atomic E-state index is -0.916. The van der Waals surface area contributed by atoms with E-state index in [1.165, 1.54) is 0 Å². The highest BCUT2D eigenvalue weighted by molar-refractivity contribution is 5.76. The zero-order valence-electron chi connectivity index (χ0n) is 11.2. The van der Waals surface area contributed by atoms with Crippen molar-refractivity contribution >= 4 is 17.8 Å². The van der Waals surface area contributed by atoms with Crippen LogP contribution < -0.4 is 5.73 Å². The second-order valence-corrected chi connectivity index (χ2v) is 4.65. The molecule has 0 spiro atoms. The zero-order valence-corrected chi connectivity index (χ0v) is 11.2. The number of carbonyl (C=O) groups excluding carboxylic acids is 1. The van der Waals surface area contributed by atoms with Crippen molar-refractivity contribution in [3.8, 4) is 0 Å². The van der Waals surface area contributed by atoms with Crippen LogP contribution in [0.15, 0.2) is 0 Å². The van der Waals surface area contributed by atoms with E-state index in [4.69, 9.17) is 15.9 Å². The first-order chi connectivity index (χ1) is 8.82. The molecule has 0 radical (unpaired) electrons. The van der Waals surface area contributed by atoms with Crippen molar-refractivity contribution in [1.29, 1.82) is 0 Å². The molecule has 1 atom stereocenters. The van der Waals surface area contributed by atoms with Gasteiger partial charge in [0, 0.05) is 13.0 Å². The Bertz CT molecular complexity index is 319. The van der Waals surface area contributed by atoms with Gasteiger partial charge >= 0.3 is 11.9 Å². The molecule has 7 heteroatoms. The molecule has 1 amide bonds. The molecule has 110 valence electrons. The smallest absolute Gasteiger partial charge is 0.307 e. The molecule has 0 aromatic carbocycles. The third-order valence-electron chi connectivity index (χ3n) is 2.70. The summed E-state index contributed by atoms with van der Waals surface area (Å²) in [6, 6.07) is 0. The number of carbonyl (C=O) groups is 3. The fraction of sp³-hybridized carbons (Fsp3) is 0.750. The average molecular weight is 274 g/mol. The van der Waals surface area contributed by atoms with Crippen molar-refractivity contribution in [3.63, 3.8) is 0 Å². The molecule has 4 N–H and O–H groups in total. The van der Waals surface area contributed by atoms with Gasteiger partial charge in [0.25, 0.3) is 0 Å². The van der Waals surface area contributed by atoms with Crippen molar-refractivity contribution in [2.24, 2.45) is 11.7 Å². The van der Waals surface area contributed by atoms with Gasteiger partial charge in [-0.05, 0) is 19.4 Å². The lowest BCUT2D eigenvalue weighted by Gasteiger charge is -2.22. The quantitative estimate of drug-likeness (QED) is 0.461. The fourth-order valence-corrected chi connectivity index (χ4v) is 1.71. The summed E-state index contributed by atoms with van der Waals surface area (Å²) in [5.41, 5.74) is 5.11. The predicted molar refractivity (Wildman–Crippen MR) is 68.5 cm³/mol. The van der Waals surface area contributed by atoms with Crippen LogP contribution in [0.4, 0.5) is 0 Å². The Hall–Kier alpha value is -1.63. The molecule has 0 aliphatic rings. The SMILES string of the molecule is CC(CN(CCCCCC(=O)O)CC(N)=O)C(=O)O. The summed E-state index contributed by atoms with van der Waals surface area (Å²) in [5, 5.41) is 17.3. The molecule has 0 saturated carbocycles. The lowest BCUT2D eigenvalue weighted by atomic mass is 10.1. The monoisotopic (exact) mass is 274 g/mol. The van der Waals surface area contributed by atoms with Gasteiger partial charge in [-0.15, -0.1) is 0 Å². The number of aliphatic carboxylic acids is 2. The van der Waals surface area contributed by atoms with E-state index in [9.17, 15) is 14.4 Å². The van der Waals surface area contributed by atoms with Gasteiger partial charge in [-0.3, -0.25) is 19.3 Å². The molecule has 0 bridgehead atoms. The van der Waals surface area contributed by atoms with Gasteiger partial charge in [-0.1, -0.05) is 13.3 Å². The number of hydrogen-bond acceptors (Lipinski definition) is 4. The fourth-order valence-electron chi connectivity index (χ4n) is 1.71. The van der Waals surface area contributed by atoms with Gasteiger partial charge in [0.1, 0.15) is 0 Å². The lowest BCUT2D eigenvalue weighted by Crippen LogP contribution is -2.38. The summed E-state index contributed by atoms with van der Waals surface area (Å²) in [6.07, 6.45) is 2.14. The summed E-state index contributed by atoms with van der Waals surface area (Å²) in [4.78, 5) is 33.7. The van der Waals surface area contributed by atoms with Gasteiger partial charge in [-0.25, -0.2) is 0 Å². The second kappa shape index (κ2) is 9.32. The van der Waals surface area contributed by atoms with Crippen molar-refractivity contribution in [3.05, 3.63) is 0 Å². The summed E-state index contributed by atoms with van der Waals surface area (Å²) in [6.45, 7) is 2.40. The van der Waals surface area contributed by atoms with Crippen LogP contribution >= 0.6 is 0 Å². The summed E-state index contributed by atoms with van der Waals surface area (Å²) < 4.78 is 0. The molecule has 0 aromatic rings. The number of nitrogens with two attached hydrogens (primary N) is 1. The Morgan fingerprint density at radius 1 is 1.16 bits per heavy atom. The lowest BCUT2D eigenvalue weighted by molar-refractivity contribution is -0.142. The van der Waals surface area contributed by atoms with Crippen molar-refractivity contribution in [2.75, 3.05) is 19.6 Å². The predicted octanol–water partition coefficient (Wildman–Crippen LogP) is 0.139. The Morgan fingerprint density at radius 2 is 1.79 bits per heavy atom. The number of carboxylic acid groups (broad SMARTS) is 2. The molecule has 0 saturated heterocycles. The van der Waals surface area contributed by atoms with Crippen LogP contribution in [0.3, 0.4) is 0 Å². The highest BCUT2D eigenvalue weighted by atomic mass is 16.4. The Kier molecular flexibility index (Phi) is 8.52. The van der Waals surface area contributed by atoms with E-state index in [-0.39, 0.29) is 19.5 Å². The topological polar surface area (TPSA) is 121 Å². The highest BCUT2D eigenvalue weighted by Gasteiger charge is 2.17. The van der Waals surface area contributed by atoms with Crippen molar-refractivity contribution < 1.29 is 24.6 Å². The van der Waals surface area contributed by atoms with E-state index >= 15 is 0 Å². The third kappa shape index (κ3) is 10.0. The van der Waals surface area contributed by atoms with Crippen LogP contribution in [-0.2, 0) is 14.4 Å². The summed E-state index contributed by atoms with van der Waals surface area (Å²) in [5.74, 6) is -2.81. The number of unbranched alkanes of at least 4 members (excludes halogenated alkanes) is 2. The van der Waals surface area contributed by atoms with Gasteiger partial charge < -0.3 is 15.9 Å². The number of carboxylic acids is 2. The molecule has 0 fully saturated rings. The van der Waals surface area contributed by atoms with Crippen molar-refractivity contribution in [2.45, 2.75) is 32.6 Å². The highest BCUT2D eigenvalue weighted by Crippen LogP contribution is 2.05. The minimum absolute atomic E-state index is 0.0244. The molecule has 0 rings (SSSR count). The normalized spacial score (nSPS) is 12.3. The van der Waals surface area contributed by atoms with Gasteiger partial charge in [0.15, 0.2) is 0 Å². The Balaban J connectivity index is 4.02. The third-order valence-corrected chi connectivity index (χ3v) is 2.70. The average Bonchev–Trinajstić information content (AvgIpc) is 2.26. The largest absolute Gasteiger partial charge is 0.481 e. The van der Waals surface area contributed by atoms with Crippen LogP contribution in [0.2, 0.25) is 0 Å². The van der Waals surface area contributed by atoms with E-state index in [1.807, 2.05) is 0 Å². The van der Waals surface area contributed by atoms with Crippen LogP contribution in [0.25, 0.3) is 0 Å². The van der Waals surface area contributed by atoms with E-state index in [2.05, 4.69) is 0 Å². The minimum Gasteiger partial charge on any atom is -0.481 e. The first-order valence-corrected chi connectivity index (χ1v) is 6.28. The van der Waals surface area contributed by atoms with E-state index in [1.54, 1.807) is 11.8 Å². The second-order valence-electron chi connectivity index (χ2n) is 4.65. The number of primary amides is 1. The number of hydrogen-bond donors (Lipinski definition) is 3. The van der Waals surface area contributed by atoms with Crippen molar-refractivity contribution in [1.82, 2.24) is 4.90 Å². The standard InChI is InChI=1S/C12H22N2O5/c1-9(12(18)19)7-14(8-10(13)15)6-4-2-3-5-11(16)17/h9H,2-8H2,1H3,(H2,13,15)(H,16,17)(H,18,19).